The quantitative estimate of drug-likeness (QED) is 0.618. The number of carbonyl (C=O) groups is 1. The molecule has 0 heterocycles. The Kier molecular flexibility index (Phi) is 2.30. The standard InChI is InChI=1S/C8H15NO/c1-2-6-3-4-7(5-6)8(9)10/h6-7H,2-5H2,1H3,(H2,9,10)/t6-,7-/m1/s1. The summed E-state index contributed by atoms with van der Waals surface area (Å²) in [5, 5.41) is 0. The maximum Gasteiger partial charge on any atom is 0.220 e. The monoisotopic (exact) mass is 141 g/mol. The van der Waals surface area contributed by atoms with Crippen molar-refractivity contribution in [3.63, 3.8) is 0 Å². The largest absolute Gasteiger partial charge is 0.369 e. The third-order valence-corrected chi connectivity index (χ3v) is 2.52. The van der Waals surface area contributed by atoms with Gasteiger partial charge in [0.1, 0.15) is 0 Å². The molecule has 10 heavy (non-hydrogen) atoms. The fourth-order valence-corrected chi connectivity index (χ4v) is 1.70. The molecule has 0 saturated heterocycles. The summed E-state index contributed by atoms with van der Waals surface area (Å²) in [5.41, 5.74) is 5.18. The van der Waals surface area contributed by atoms with E-state index < -0.39 is 0 Å². The lowest BCUT2D eigenvalue weighted by Gasteiger charge is -2.04. The molecule has 0 radical (unpaired) electrons. The Morgan fingerprint density at radius 3 is 2.60 bits per heavy atom. The lowest BCUT2D eigenvalue weighted by Crippen LogP contribution is -2.20. The van der Waals surface area contributed by atoms with Crippen molar-refractivity contribution in [1.82, 2.24) is 0 Å². The van der Waals surface area contributed by atoms with E-state index in [-0.39, 0.29) is 11.8 Å². The van der Waals surface area contributed by atoms with Crippen molar-refractivity contribution in [3.05, 3.63) is 0 Å². The third kappa shape index (κ3) is 1.49. The minimum absolute atomic E-state index is 0.101. The number of primary amides is 1. The molecule has 0 aromatic carbocycles. The maximum absolute atomic E-state index is 10.7. The Balaban J connectivity index is 2.35. The van der Waals surface area contributed by atoms with Gasteiger partial charge in [-0.3, -0.25) is 4.79 Å². The number of nitrogens with two attached hydrogens (primary N) is 1. The SMILES string of the molecule is CC[C@@H]1CC[C@@H](C(N)=O)C1. The molecule has 1 rings (SSSR count). The molecule has 0 bridgehead atoms. The summed E-state index contributed by atoms with van der Waals surface area (Å²) in [6.45, 7) is 2.17. The van der Waals surface area contributed by atoms with E-state index in [1.165, 1.54) is 12.8 Å². The Hall–Kier alpha value is -0.530. The summed E-state index contributed by atoms with van der Waals surface area (Å²) in [6, 6.07) is 0. The van der Waals surface area contributed by atoms with Crippen LogP contribution in [-0.2, 0) is 4.79 Å². The van der Waals surface area contributed by atoms with Gasteiger partial charge in [0.05, 0.1) is 0 Å². The molecule has 0 aromatic rings. The maximum atomic E-state index is 10.7. The summed E-state index contributed by atoms with van der Waals surface area (Å²) in [7, 11) is 0. The zero-order valence-electron chi connectivity index (χ0n) is 6.47. The molecule has 0 aliphatic heterocycles. The van der Waals surface area contributed by atoms with Crippen molar-refractivity contribution >= 4 is 5.91 Å². The predicted molar refractivity (Wildman–Crippen MR) is 40.3 cm³/mol. The molecule has 1 fully saturated rings. The molecule has 1 amide bonds. The van der Waals surface area contributed by atoms with Crippen LogP contribution in [-0.4, -0.2) is 5.91 Å². The van der Waals surface area contributed by atoms with E-state index in [1.54, 1.807) is 0 Å². The first-order chi connectivity index (χ1) is 4.74. The molecule has 2 heteroatoms. The van der Waals surface area contributed by atoms with Crippen molar-refractivity contribution in [1.29, 1.82) is 0 Å². The van der Waals surface area contributed by atoms with Gasteiger partial charge in [0, 0.05) is 5.92 Å². The van der Waals surface area contributed by atoms with Crippen LogP contribution in [0.4, 0.5) is 0 Å². The van der Waals surface area contributed by atoms with Gasteiger partial charge in [0.2, 0.25) is 5.91 Å². The molecular weight excluding hydrogens is 126 g/mol. The Bertz CT molecular complexity index is 133. The lowest BCUT2D eigenvalue weighted by molar-refractivity contribution is -0.121. The van der Waals surface area contributed by atoms with E-state index in [4.69, 9.17) is 5.73 Å². The van der Waals surface area contributed by atoms with Crippen LogP contribution in [0.1, 0.15) is 32.6 Å². The number of amides is 1. The van der Waals surface area contributed by atoms with Crippen molar-refractivity contribution in [2.24, 2.45) is 17.6 Å². The van der Waals surface area contributed by atoms with E-state index >= 15 is 0 Å². The van der Waals surface area contributed by atoms with Gasteiger partial charge >= 0.3 is 0 Å². The highest BCUT2D eigenvalue weighted by Gasteiger charge is 2.26. The van der Waals surface area contributed by atoms with E-state index in [0.29, 0.717) is 0 Å². The van der Waals surface area contributed by atoms with Crippen molar-refractivity contribution in [2.45, 2.75) is 32.6 Å². The minimum atomic E-state index is -0.101. The van der Waals surface area contributed by atoms with Crippen LogP contribution in [0.2, 0.25) is 0 Å². The average molecular weight is 141 g/mol. The van der Waals surface area contributed by atoms with Crippen molar-refractivity contribution in [3.8, 4) is 0 Å². The molecule has 58 valence electrons. The number of hydrogen-bond donors (Lipinski definition) is 1. The average Bonchev–Trinajstić information content (AvgIpc) is 2.34. The molecule has 2 atom stereocenters. The van der Waals surface area contributed by atoms with Gasteiger partial charge in [-0.15, -0.1) is 0 Å². The molecule has 0 aromatic heterocycles. The third-order valence-electron chi connectivity index (χ3n) is 2.52. The summed E-state index contributed by atoms with van der Waals surface area (Å²) < 4.78 is 0. The van der Waals surface area contributed by atoms with Crippen LogP contribution in [0.3, 0.4) is 0 Å². The number of rotatable bonds is 2. The molecule has 0 spiro atoms. The molecule has 2 nitrogen and oxygen atoms in total. The summed E-state index contributed by atoms with van der Waals surface area (Å²) in [5.74, 6) is 0.846. The Morgan fingerprint density at radius 2 is 2.30 bits per heavy atom. The second-order valence-corrected chi connectivity index (χ2v) is 3.19. The molecular formula is C8H15NO. The zero-order valence-corrected chi connectivity index (χ0v) is 6.47. The van der Waals surface area contributed by atoms with Crippen molar-refractivity contribution < 1.29 is 4.79 Å². The summed E-state index contributed by atoms with van der Waals surface area (Å²) in [6.07, 6.45) is 4.45. The lowest BCUT2D eigenvalue weighted by atomic mass is 10.0. The van der Waals surface area contributed by atoms with Crippen LogP contribution in [0, 0.1) is 11.8 Å². The van der Waals surface area contributed by atoms with Crippen molar-refractivity contribution in [2.75, 3.05) is 0 Å². The predicted octanol–water partition coefficient (Wildman–Crippen LogP) is 1.30. The highest BCUT2D eigenvalue weighted by Crippen LogP contribution is 2.32. The topological polar surface area (TPSA) is 43.1 Å². The van der Waals surface area contributed by atoms with Crippen LogP contribution < -0.4 is 5.73 Å². The van der Waals surface area contributed by atoms with Gasteiger partial charge < -0.3 is 5.73 Å². The zero-order chi connectivity index (χ0) is 7.56. The van der Waals surface area contributed by atoms with Gasteiger partial charge in [0.15, 0.2) is 0 Å². The Morgan fingerprint density at radius 1 is 1.60 bits per heavy atom. The smallest absolute Gasteiger partial charge is 0.220 e. The molecule has 1 saturated carbocycles. The van der Waals surface area contributed by atoms with Gasteiger partial charge in [-0.1, -0.05) is 13.3 Å². The van der Waals surface area contributed by atoms with Gasteiger partial charge in [0.25, 0.3) is 0 Å². The fraction of sp³-hybridized carbons (Fsp3) is 0.875. The highest BCUT2D eigenvalue weighted by atomic mass is 16.1. The first-order valence-corrected chi connectivity index (χ1v) is 4.03. The number of carbonyl (C=O) groups excluding carboxylic acids is 1. The van der Waals surface area contributed by atoms with Crippen LogP contribution in [0.5, 0.6) is 0 Å². The normalized spacial score (nSPS) is 32.5. The molecule has 1 aliphatic rings. The van der Waals surface area contributed by atoms with Crippen LogP contribution >= 0.6 is 0 Å². The first-order valence-electron chi connectivity index (χ1n) is 4.03. The summed E-state index contributed by atoms with van der Waals surface area (Å²) >= 11 is 0. The van der Waals surface area contributed by atoms with Gasteiger partial charge in [-0.2, -0.15) is 0 Å². The van der Waals surface area contributed by atoms with Crippen LogP contribution in [0.15, 0.2) is 0 Å². The van der Waals surface area contributed by atoms with Gasteiger partial charge in [-0.25, -0.2) is 0 Å². The number of hydrogen-bond acceptors (Lipinski definition) is 1. The summed E-state index contributed by atoms with van der Waals surface area (Å²) in [4.78, 5) is 10.7. The second-order valence-electron chi connectivity index (χ2n) is 3.19. The molecule has 2 N–H and O–H groups in total. The molecule has 0 unspecified atom stereocenters. The Labute approximate surface area is 61.8 Å². The molecule has 1 aliphatic carbocycles. The highest BCUT2D eigenvalue weighted by molar-refractivity contribution is 5.76. The fourth-order valence-electron chi connectivity index (χ4n) is 1.70. The van der Waals surface area contributed by atoms with Gasteiger partial charge in [-0.05, 0) is 25.2 Å². The first kappa shape index (κ1) is 7.58. The van der Waals surface area contributed by atoms with E-state index in [9.17, 15) is 4.79 Å². The second kappa shape index (κ2) is 3.04. The van der Waals surface area contributed by atoms with E-state index in [2.05, 4.69) is 6.92 Å². The van der Waals surface area contributed by atoms with E-state index in [1.807, 2.05) is 0 Å². The van der Waals surface area contributed by atoms with Crippen LogP contribution in [0.25, 0.3) is 0 Å². The van der Waals surface area contributed by atoms with E-state index in [0.717, 1.165) is 18.8 Å². The minimum Gasteiger partial charge on any atom is -0.369 e.